The molecule has 1 aliphatic carbocycles. The van der Waals surface area contributed by atoms with Gasteiger partial charge < -0.3 is 10.2 Å². The highest BCUT2D eigenvalue weighted by molar-refractivity contribution is 7.91. The Labute approximate surface area is 138 Å². The summed E-state index contributed by atoms with van der Waals surface area (Å²) in [5.74, 6) is 1.54. The molecule has 0 spiro atoms. The predicted octanol–water partition coefficient (Wildman–Crippen LogP) is -0.331. The van der Waals surface area contributed by atoms with Gasteiger partial charge in [0, 0.05) is 32.2 Å². The monoisotopic (exact) mass is 339 g/mol. The Kier molecular flexibility index (Phi) is 4.78. The summed E-state index contributed by atoms with van der Waals surface area (Å²) in [6, 6.07) is 2.70. The third-order valence-electron chi connectivity index (χ3n) is 4.83. The maximum atomic E-state index is 11.6. The predicted molar refractivity (Wildman–Crippen MR) is 88.8 cm³/mol. The smallest absolute Gasteiger partial charge is 0.194 e. The lowest BCUT2D eigenvalue weighted by Crippen LogP contribution is -2.56. The molecule has 0 bridgehead atoms. The third-order valence-corrected chi connectivity index (χ3v) is 6.67. The quantitative estimate of drug-likeness (QED) is 0.559. The molecule has 23 heavy (non-hydrogen) atoms. The van der Waals surface area contributed by atoms with E-state index in [9.17, 15) is 13.7 Å². The van der Waals surface area contributed by atoms with Crippen LogP contribution in [0.4, 0.5) is 0 Å². The minimum atomic E-state index is -2.85. The van der Waals surface area contributed by atoms with Gasteiger partial charge in [-0.1, -0.05) is 0 Å². The fraction of sp³-hybridized carbons (Fsp3) is 0.867. The summed E-state index contributed by atoms with van der Waals surface area (Å²) in [6.45, 7) is 2.88. The van der Waals surface area contributed by atoms with E-state index in [2.05, 4.69) is 21.2 Å². The van der Waals surface area contributed by atoms with Crippen molar-refractivity contribution >= 4 is 15.8 Å². The van der Waals surface area contributed by atoms with E-state index in [1.807, 2.05) is 7.05 Å². The van der Waals surface area contributed by atoms with E-state index in [0.29, 0.717) is 31.3 Å². The minimum Gasteiger partial charge on any atom is -0.354 e. The van der Waals surface area contributed by atoms with Crippen LogP contribution >= 0.6 is 0 Å². The fourth-order valence-electron chi connectivity index (χ4n) is 3.08. The first-order valence-corrected chi connectivity index (χ1v) is 10.2. The molecule has 3 rings (SSSR count). The lowest BCUT2D eigenvalue weighted by atomic mass is 10.1. The van der Waals surface area contributed by atoms with Crippen LogP contribution in [0.3, 0.4) is 0 Å². The molecule has 2 aliphatic heterocycles. The zero-order chi connectivity index (χ0) is 16.4. The summed E-state index contributed by atoms with van der Waals surface area (Å²) in [7, 11) is -0.880. The molecule has 2 saturated heterocycles. The molecule has 0 aromatic heterocycles. The van der Waals surface area contributed by atoms with Gasteiger partial charge in [-0.3, -0.25) is 9.89 Å². The number of sulfone groups is 1. The van der Waals surface area contributed by atoms with E-state index in [1.165, 1.54) is 0 Å². The van der Waals surface area contributed by atoms with Crippen LogP contribution in [0.2, 0.25) is 0 Å². The van der Waals surface area contributed by atoms with Crippen molar-refractivity contribution in [2.45, 2.75) is 31.3 Å². The molecule has 0 aromatic rings. The Morgan fingerprint density at radius 3 is 2.74 bits per heavy atom. The topological polar surface area (TPSA) is 88.8 Å². The van der Waals surface area contributed by atoms with Crippen LogP contribution in [-0.2, 0) is 9.84 Å². The zero-order valence-corrected chi connectivity index (χ0v) is 14.4. The van der Waals surface area contributed by atoms with Gasteiger partial charge in [-0.2, -0.15) is 5.26 Å². The van der Waals surface area contributed by atoms with E-state index >= 15 is 0 Å². The van der Waals surface area contributed by atoms with Crippen LogP contribution in [-0.4, -0.2) is 81.0 Å². The highest BCUT2D eigenvalue weighted by Gasteiger charge is 2.31. The Balaban J connectivity index is 1.65. The number of guanidine groups is 1. The van der Waals surface area contributed by atoms with Gasteiger partial charge in [0.15, 0.2) is 15.8 Å². The molecule has 0 radical (unpaired) electrons. The highest BCUT2D eigenvalue weighted by Crippen LogP contribution is 2.21. The van der Waals surface area contributed by atoms with Crippen LogP contribution in [0.1, 0.15) is 19.3 Å². The van der Waals surface area contributed by atoms with Crippen LogP contribution in [0, 0.1) is 17.2 Å². The Bertz CT molecular complexity index is 608. The van der Waals surface area contributed by atoms with E-state index < -0.39 is 9.84 Å². The Morgan fingerprint density at radius 1 is 1.35 bits per heavy atom. The fourth-order valence-corrected chi connectivity index (χ4v) is 4.93. The van der Waals surface area contributed by atoms with Crippen LogP contribution in [0.25, 0.3) is 0 Å². The molecule has 128 valence electrons. The van der Waals surface area contributed by atoms with Gasteiger partial charge in [-0.15, -0.1) is 0 Å². The van der Waals surface area contributed by atoms with Gasteiger partial charge in [0.1, 0.15) is 6.04 Å². The molecule has 7 nitrogen and oxygen atoms in total. The van der Waals surface area contributed by atoms with Gasteiger partial charge in [0.2, 0.25) is 0 Å². The first kappa shape index (κ1) is 16.5. The van der Waals surface area contributed by atoms with Crippen molar-refractivity contribution in [1.82, 2.24) is 15.1 Å². The average molecular weight is 339 g/mol. The zero-order valence-electron chi connectivity index (χ0n) is 13.6. The molecule has 0 aromatic carbocycles. The number of hydrogen-bond acceptors (Lipinski definition) is 5. The molecule has 3 fully saturated rings. The average Bonchev–Trinajstić information content (AvgIpc) is 3.26. The maximum absolute atomic E-state index is 11.6. The first-order valence-electron chi connectivity index (χ1n) is 8.33. The number of nitrogens with one attached hydrogen (secondary N) is 1. The molecule has 8 heteroatoms. The van der Waals surface area contributed by atoms with Crippen LogP contribution < -0.4 is 5.32 Å². The molecule has 2 unspecified atom stereocenters. The van der Waals surface area contributed by atoms with Crippen molar-refractivity contribution in [1.29, 1.82) is 5.26 Å². The highest BCUT2D eigenvalue weighted by atomic mass is 32.2. The van der Waals surface area contributed by atoms with Gasteiger partial charge >= 0.3 is 0 Å². The van der Waals surface area contributed by atoms with Gasteiger partial charge in [-0.05, 0) is 32.2 Å². The van der Waals surface area contributed by atoms with Crippen molar-refractivity contribution in [3.05, 3.63) is 0 Å². The number of likely N-dealkylation sites (N-methyl/N-ethyl adjacent to an activating group) is 1. The normalized spacial score (nSPS) is 31.8. The lowest BCUT2D eigenvalue weighted by molar-refractivity contribution is 0.171. The van der Waals surface area contributed by atoms with Crippen molar-refractivity contribution in [2.75, 3.05) is 44.7 Å². The Morgan fingerprint density at radius 2 is 2.13 bits per heavy atom. The van der Waals surface area contributed by atoms with Crippen molar-refractivity contribution in [2.24, 2.45) is 10.9 Å². The van der Waals surface area contributed by atoms with Gasteiger partial charge in [-0.25, -0.2) is 8.42 Å². The summed E-state index contributed by atoms with van der Waals surface area (Å²) < 4.78 is 23.2. The SMILES string of the molecule is CN1CCN(C(=NCC2CCS(=O)(=O)C2)NC2CC2)CC1C#N. The molecule has 3 aliphatic rings. The van der Waals surface area contributed by atoms with E-state index in [1.54, 1.807) is 0 Å². The lowest BCUT2D eigenvalue weighted by Gasteiger charge is -2.38. The maximum Gasteiger partial charge on any atom is 0.194 e. The van der Waals surface area contributed by atoms with Gasteiger partial charge in [0.05, 0.1) is 17.6 Å². The number of hydrogen-bond donors (Lipinski definition) is 1. The molecule has 1 N–H and O–H groups in total. The van der Waals surface area contributed by atoms with Gasteiger partial charge in [0.25, 0.3) is 0 Å². The minimum absolute atomic E-state index is 0.123. The standard InChI is InChI=1S/C15H25N5O2S/c1-19-5-6-20(10-14(19)8-16)15(18-13-2-3-13)17-9-12-4-7-23(21,22)11-12/h12-14H,2-7,9-11H2,1H3,(H,17,18). The number of nitrogens with zero attached hydrogens (tertiary/aromatic N) is 4. The Hall–Kier alpha value is -1.33. The first-order chi connectivity index (χ1) is 11.0. The van der Waals surface area contributed by atoms with E-state index in [-0.39, 0.29) is 17.7 Å². The summed E-state index contributed by atoms with van der Waals surface area (Å²) >= 11 is 0. The molecule has 2 atom stereocenters. The largest absolute Gasteiger partial charge is 0.354 e. The molecule has 1 saturated carbocycles. The van der Waals surface area contributed by atoms with E-state index in [0.717, 1.165) is 31.9 Å². The summed E-state index contributed by atoms with van der Waals surface area (Å²) in [5, 5.41) is 12.7. The summed E-state index contributed by atoms with van der Waals surface area (Å²) in [6.07, 6.45) is 3.03. The molecular formula is C15H25N5O2S. The van der Waals surface area contributed by atoms with E-state index in [4.69, 9.17) is 4.99 Å². The summed E-state index contributed by atoms with van der Waals surface area (Å²) in [5.41, 5.74) is 0. The second-order valence-corrected chi connectivity index (χ2v) is 9.15. The number of rotatable bonds is 3. The van der Waals surface area contributed by atoms with Crippen molar-refractivity contribution in [3.63, 3.8) is 0 Å². The second kappa shape index (κ2) is 6.65. The second-order valence-electron chi connectivity index (χ2n) is 6.92. The summed E-state index contributed by atoms with van der Waals surface area (Å²) in [4.78, 5) is 8.92. The molecule has 0 amide bonds. The number of piperazine rings is 1. The van der Waals surface area contributed by atoms with Crippen molar-refractivity contribution < 1.29 is 8.42 Å². The third kappa shape index (κ3) is 4.36. The van der Waals surface area contributed by atoms with Crippen molar-refractivity contribution in [3.8, 4) is 6.07 Å². The molecular weight excluding hydrogens is 314 g/mol. The van der Waals surface area contributed by atoms with Crippen LogP contribution in [0.5, 0.6) is 0 Å². The van der Waals surface area contributed by atoms with Crippen LogP contribution in [0.15, 0.2) is 4.99 Å². The number of nitriles is 1. The number of aliphatic imine (C=N–C) groups is 1. The molecule has 2 heterocycles.